The Kier molecular flexibility index (Phi) is 5.42. The Morgan fingerprint density at radius 3 is 2.19 bits per heavy atom. The van der Waals surface area contributed by atoms with E-state index in [0.29, 0.717) is 21.0 Å². The average molecular weight is 371 g/mol. The third kappa shape index (κ3) is 3.65. The van der Waals surface area contributed by atoms with Gasteiger partial charge in [0.05, 0.1) is 11.1 Å². The van der Waals surface area contributed by atoms with Crippen molar-refractivity contribution in [1.82, 2.24) is 5.32 Å². The standard InChI is InChI=1S/C17H18BrClFN/c1-10(2)11-4-6-12(7-5-11)17(21-3)13-8-15(19)14(18)9-16(13)20/h4-10,17,21H,1-3H3. The van der Waals surface area contributed by atoms with Crippen LogP contribution in [0.25, 0.3) is 0 Å². The van der Waals surface area contributed by atoms with E-state index < -0.39 is 0 Å². The second-order valence-electron chi connectivity index (χ2n) is 5.33. The van der Waals surface area contributed by atoms with E-state index in [-0.39, 0.29) is 11.9 Å². The minimum absolute atomic E-state index is 0.225. The Labute approximate surface area is 138 Å². The zero-order valence-electron chi connectivity index (χ0n) is 12.3. The minimum Gasteiger partial charge on any atom is -0.309 e. The highest BCUT2D eigenvalue weighted by Crippen LogP contribution is 2.32. The van der Waals surface area contributed by atoms with E-state index in [1.54, 1.807) is 6.07 Å². The van der Waals surface area contributed by atoms with Crippen LogP contribution in [0.4, 0.5) is 4.39 Å². The molecule has 2 rings (SSSR count). The molecule has 0 amide bonds. The number of nitrogens with one attached hydrogen (secondary N) is 1. The van der Waals surface area contributed by atoms with Gasteiger partial charge >= 0.3 is 0 Å². The van der Waals surface area contributed by atoms with Crippen molar-refractivity contribution in [2.75, 3.05) is 7.05 Å². The van der Waals surface area contributed by atoms with Crippen LogP contribution in [0, 0.1) is 5.82 Å². The Morgan fingerprint density at radius 2 is 1.67 bits per heavy atom. The Balaban J connectivity index is 2.42. The normalized spacial score (nSPS) is 12.7. The van der Waals surface area contributed by atoms with Gasteiger partial charge in [0.2, 0.25) is 0 Å². The molecular formula is C17H18BrClFN. The van der Waals surface area contributed by atoms with Gasteiger partial charge in [0.25, 0.3) is 0 Å². The fourth-order valence-electron chi connectivity index (χ4n) is 2.33. The molecule has 1 unspecified atom stereocenters. The zero-order chi connectivity index (χ0) is 15.6. The van der Waals surface area contributed by atoms with Crippen LogP contribution in [0.1, 0.15) is 42.5 Å². The summed E-state index contributed by atoms with van der Waals surface area (Å²) in [6, 6.07) is 11.1. The van der Waals surface area contributed by atoms with Gasteiger partial charge < -0.3 is 5.32 Å². The summed E-state index contributed by atoms with van der Waals surface area (Å²) in [6.45, 7) is 4.30. The topological polar surface area (TPSA) is 12.0 Å². The van der Waals surface area contributed by atoms with Crippen LogP contribution >= 0.6 is 27.5 Å². The lowest BCUT2D eigenvalue weighted by Crippen LogP contribution is -2.19. The van der Waals surface area contributed by atoms with E-state index in [9.17, 15) is 4.39 Å². The second-order valence-corrected chi connectivity index (χ2v) is 6.59. The van der Waals surface area contributed by atoms with E-state index in [2.05, 4.69) is 47.2 Å². The molecule has 4 heteroatoms. The largest absolute Gasteiger partial charge is 0.309 e. The Bertz CT molecular complexity index is 625. The lowest BCUT2D eigenvalue weighted by atomic mass is 9.95. The molecule has 0 aliphatic heterocycles. The number of hydrogen-bond donors (Lipinski definition) is 1. The van der Waals surface area contributed by atoms with Crippen LogP contribution in [0.3, 0.4) is 0 Å². The first kappa shape index (κ1) is 16.5. The SMILES string of the molecule is CNC(c1ccc(C(C)C)cc1)c1cc(Cl)c(Br)cc1F. The van der Waals surface area contributed by atoms with Crippen molar-refractivity contribution in [3.8, 4) is 0 Å². The van der Waals surface area contributed by atoms with E-state index in [0.717, 1.165) is 5.56 Å². The molecule has 112 valence electrons. The molecule has 0 heterocycles. The maximum Gasteiger partial charge on any atom is 0.129 e. The molecule has 0 fully saturated rings. The third-order valence-electron chi connectivity index (χ3n) is 3.58. The van der Waals surface area contributed by atoms with E-state index in [4.69, 9.17) is 11.6 Å². The fraction of sp³-hybridized carbons (Fsp3) is 0.294. The Hall–Kier alpha value is -0.900. The highest BCUT2D eigenvalue weighted by molar-refractivity contribution is 9.10. The van der Waals surface area contributed by atoms with Crippen molar-refractivity contribution >= 4 is 27.5 Å². The summed E-state index contributed by atoms with van der Waals surface area (Å²) in [7, 11) is 1.82. The van der Waals surface area contributed by atoms with Crippen molar-refractivity contribution < 1.29 is 4.39 Å². The molecule has 2 aromatic rings. The van der Waals surface area contributed by atoms with Crippen LogP contribution in [-0.4, -0.2) is 7.05 Å². The maximum atomic E-state index is 14.2. The average Bonchev–Trinajstić information content (AvgIpc) is 2.45. The van der Waals surface area contributed by atoms with Crippen LogP contribution in [0.5, 0.6) is 0 Å². The number of halogens is 3. The van der Waals surface area contributed by atoms with Crippen LogP contribution in [-0.2, 0) is 0 Å². The molecule has 21 heavy (non-hydrogen) atoms. The highest BCUT2D eigenvalue weighted by atomic mass is 79.9. The monoisotopic (exact) mass is 369 g/mol. The lowest BCUT2D eigenvalue weighted by Gasteiger charge is -2.19. The maximum absolute atomic E-state index is 14.2. The summed E-state index contributed by atoms with van der Waals surface area (Å²) in [6.07, 6.45) is 0. The number of rotatable bonds is 4. The molecule has 0 bridgehead atoms. The second kappa shape index (κ2) is 6.91. The first-order valence-electron chi connectivity index (χ1n) is 6.85. The summed E-state index contributed by atoms with van der Waals surface area (Å²) in [5.74, 6) is 0.199. The Morgan fingerprint density at radius 1 is 1.10 bits per heavy atom. The molecular weight excluding hydrogens is 353 g/mol. The number of benzene rings is 2. The van der Waals surface area contributed by atoms with E-state index >= 15 is 0 Å². The van der Waals surface area contributed by atoms with Crippen LogP contribution in [0.2, 0.25) is 5.02 Å². The van der Waals surface area contributed by atoms with Gasteiger partial charge in [-0.05, 0) is 52.2 Å². The molecule has 1 nitrogen and oxygen atoms in total. The van der Waals surface area contributed by atoms with Crippen LogP contribution in [0.15, 0.2) is 40.9 Å². The minimum atomic E-state index is -0.279. The number of hydrogen-bond acceptors (Lipinski definition) is 1. The predicted octanol–water partition coefficient (Wildman–Crippen LogP) is 5.67. The van der Waals surface area contributed by atoms with Crippen molar-refractivity contribution in [3.05, 3.63) is 68.4 Å². The van der Waals surface area contributed by atoms with Gasteiger partial charge in [-0.15, -0.1) is 0 Å². The molecule has 0 saturated heterocycles. The summed E-state index contributed by atoms with van der Waals surface area (Å²) >= 11 is 9.34. The quantitative estimate of drug-likeness (QED) is 0.683. The van der Waals surface area contributed by atoms with Gasteiger partial charge in [-0.1, -0.05) is 49.7 Å². The van der Waals surface area contributed by atoms with Crippen molar-refractivity contribution in [2.24, 2.45) is 0 Å². The highest BCUT2D eigenvalue weighted by Gasteiger charge is 2.18. The molecule has 0 aliphatic rings. The molecule has 0 spiro atoms. The summed E-state index contributed by atoms with van der Waals surface area (Å²) < 4.78 is 14.8. The third-order valence-corrected chi connectivity index (χ3v) is 4.77. The van der Waals surface area contributed by atoms with Gasteiger partial charge in [-0.25, -0.2) is 4.39 Å². The van der Waals surface area contributed by atoms with Crippen LogP contribution < -0.4 is 5.32 Å². The summed E-state index contributed by atoms with van der Waals surface area (Å²) in [5.41, 5.74) is 2.82. The van der Waals surface area contributed by atoms with Gasteiger partial charge in [0.15, 0.2) is 0 Å². The summed E-state index contributed by atoms with van der Waals surface area (Å²) in [4.78, 5) is 0. The van der Waals surface area contributed by atoms with Gasteiger partial charge in [0.1, 0.15) is 5.82 Å². The smallest absolute Gasteiger partial charge is 0.129 e. The molecule has 0 radical (unpaired) electrons. The first-order valence-corrected chi connectivity index (χ1v) is 8.02. The lowest BCUT2D eigenvalue weighted by molar-refractivity contribution is 0.575. The molecule has 2 aromatic carbocycles. The molecule has 0 aliphatic carbocycles. The van der Waals surface area contributed by atoms with Crippen molar-refractivity contribution in [2.45, 2.75) is 25.8 Å². The van der Waals surface area contributed by atoms with Gasteiger partial charge in [-0.2, -0.15) is 0 Å². The van der Waals surface area contributed by atoms with Crippen molar-refractivity contribution in [3.63, 3.8) is 0 Å². The molecule has 1 atom stereocenters. The molecule has 0 saturated carbocycles. The predicted molar refractivity (Wildman–Crippen MR) is 90.5 cm³/mol. The molecule has 1 N–H and O–H groups in total. The van der Waals surface area contributed by atoms with E-state index in [1.165, 1.54) is 11.6 Å². The molecule has 0 aromatic heterocycles. The van der Waals surface area contributed by atoms with Crippen molar-refractivity contribution in [1.29, 1.82) is 0 Å². The van der Waals surface area contributed by atoms with E-state index in [1.807, 2.05) is 19.2 Å². The van der Waals surface area contributed by atoms with Gasteiger partial charge in [-0.3, -0.25) is 0 Å². The first-order chi connectivity index (χ1) is 9.93. The summed E-state index contributed by atoms with van der Waals surface area (Å²) in [5, 5.41) is 3.66. The van der Waals surface area contributed by atoms with Gasteiger partial charge in [0, 0.05) is 10.0 Å². The zero-order valence-corrected chi connectivity index (χ0v) is 14.6. The fourth-order valence-corrected chi connectivity index (χ4v) is 2.82.